The van der Waals surface area contributed by atoms with Crippen molar-refractivity contribution in [3.8, 4) is 6.07 Å². The number of hydrogen-bond donors (Lipinski definition) is 0. The smallest absolute Gasteiger partial charge is 0.197 e. The van der Waals surface area contributed by atoms with Crippen molar-refractivity contribution in [1.82, 2.24) is 4.98 Å². The maximum Gasteiger partial charge on any atom is 0.197 e. The van der Waals surface area contributed by atoms with Gasteiger partial charge in [0.1, 0.15) is 11.5 Å². The summed E-state index contributed by atoms with van der Waals surface area (Å²) in [6, 6.07) is 1.93. The molecule has 0 N–H and O–H groups in total. The molecule has 0 radical (unpaired) electrons. The lowest BCUT2D eigenvalue weighted by Gasteiger charge is -2.13. The van der Waals surface area contributed by atoms with Crippen molar-refractivity contribution < 1.29 is 9.21 Å². The fourth-order valence-corrected chi connectivity index (χ4v) is 2.54. The molecular formula is C15H20N2O2. The largest absolute Gasteiger partial charge is 0.445 e. The van der Waals surface area contributed by atoms with Crippen LogP contribution in [0.25, 0.3) is 0 Å². The van der Waals surface area contributed by atoms with Crippen LogP contribution in [0, 0.1) is 17.2 Å². The first-order valence-electron chi connectivity index (χ1n) is 6.77. The van der Waals surface area contributed by atoms with Crippen molar-refractivity contribution in [3.05, 3.63) is 17.8 Å². The number of hydrogen-bond acceptors (Lipinski definition) is 4. The number of aromatic nitrogens is 1. The maximum atomic E-state index is 11.7. The third kappa shape index (κ3) is 3.04. The van der Waals surface area contributed by atoms with Crippen molar-refractivity contribution >= 4 is 5.78 Å². The van der Waals surface area contributed by atoms with Crippen LogP contribution in [0.3, 0.4) is 0 Å². The first-order chi connectivity index (χ1) is 8.91. The Kier molecular flexibility index (Phi) is 3.75. The minimum absolute atomic E-state index is 0.00892. The monoisotopic (exact) mass is 260 g/mol. The normalized spacial score (nSPS) is 23.3. The van der Waals surface area contributed by atoms with Gasteiger partial charge in [-0.15, -0.1) is 0 Å². The Morgan fingerprint density at radius 2 is 2.26 bits per heavy atom. The lowest BCUT2D eigenvalue weighted by molar-refractivity contribution is -0.121. The second-order valence-corrected chi connectivity index (χ2v) is 6.32. The van der Waals surface area contributed by atoms with Gasteiger partial charge in [-0.05, 0) is 19.3 Å². The van der Waals surface area contributed by atoms with E-state index in [1.807, 2.05) is 6.07 Å². The molecule has 1 fully saturated rings. The van der Waals surface area contributed by atoms with Crippen molar-refractivity contribution in [2.45, 2.75) is 57.8 Å². The summed E-state index contributed by atoms with van der Waals surface area (Å²) in [6.45, 7) is 6.27. The summed E-state index contributed by atoms with van der Waals surface area (Å²) >= 11 is 0. The lowest BCUT2D eigenvalue weighted by Crippen LogP contribution is -2.10. The van der Waals surface area contributed by atoms with Crippen LogP contribution in [0.2, 0.25) is 0 Å². The number of Topliss-reactive ketones (excluding diaryl/α,β-unsaturated/α-hetero) is 1. The molecule has 102 valence electrons. The number of nitriles is 1. The van der Waals surface area contributed by atoms with Crippen molar-refractivity contribution in [2.24, 2.45) is 5.92 Å². The maximum absolute atomic E-state index is 11.7. The molecule has 0 aromatic carbocycles. The Hall–Kier alpha value is -1.63. The zero-order valence-corrected chi connectivity index (χ0v) is 11.8. The van der Waals surface area contributed by atoms with Gasteiger partial charge in [0.25, 0.3) is 0 Å². The SMILES string of the molecule is CC(C)(C)c1cnc(C2CCC(C(=O)CC#N)C2)o1. The standard InChI is InChI=1S/C15H20N2O2/c1-15(2,3)13-9-17-14(19-13)11-5-4-10(8-11)12(18)6-7-16/h9-11H,4-6,8H2,1-3H3. The van der Waals surface area contributed by atoms with Gasteiger partial charge in [0.15, 0.2) is 5.89 Å². The molecule has 1 aliphatic carbocycles. The molecule has 1 aromatic heterocycles. The van der Waals surface area contributed by atoms with E-state index in [1.54, 1.807) is 6.20 Å². The summed E-state index contributed by atoms with van der Waals surface area (Å²) in [5, 5.41) is 8.57. The zero-order valence-electron chi connectivity index (χ0n) is 11.8. The first kappa shape index (κ1) is 13.8. The van der Waals surface area contributed by atoms with Gasteiger partial charge in [-0.25, -0.2) is 4.98 Å². The fourth-order valence-electron chi connectivity index (χ4n) is 2.54. The van der Waals surface area contributed by atoms with E-state index in [0.29, 0.717) is 0 Å². The third-order valence-electron chi connectivity index (χ3n) is 3.75. The number of rotatable bonds is 3. The highest BCUT2D eigenvalue weighted by Gasteiger charge is 2.33. The van der Waals surface area contributed by atoms with Crippen molar-refractivity contribution in [1.29, 1.82) is 5.26 Å². The predicted molar refractivity (Wildman–Crippen MR) is 70.5 cm³/mol. The molecule has 0 spiro atoms. The molecule has 2 unspecified atom stereocenters. The molecular weight excluding hydrogens is 240 g/mol. The molecule has 19 heavy (non-hydrogen) atoms. The Labute approximate surface area is 113 Å². The Balaban J connectivity index is 2.03. The molecule has 2 rings (SSSR count). The van der Waals surface area contributed by atoms with Crippen LogP contribution >= 0.6 is 0 Å². The van der Waals surface area contributed by atoms with E-state index < -0.39 is 0 Å². The molecule has 4 heteroatoms. The van der Waals surface area contributed by atoms with Crippen LogP contribution in [0.4, 0.5) is 0 Å². The minimum atomic E-state index is -0.0418. The van der Waals surface area contributed by atoms with E-state index in [4.69, 9.17) is 9.68 Å². The summed E-state index contributed by atoms with van der Waals surface area (Å²) in [4.78, 5) is 16.1. The number of carbonyl (C=O) groups excluding carboxylic acids is 1. The van der Waals surface area contributed by atoms with Crippen LogP contribution in [-0.2, 0) is 10.2 Å². The van der Waals surface area contributed by atoms with E-state index in [9.17, 15) is 4.79 Å². The second-order valence-electron chi connectivity index (χ2n) is 6.32. The topological polar surface area (TPSA) is 66.9 Å². The highest BCUT2D eigenvalue weighted by Crippen LogP contribution is 2.39. The van der Waals surface area contributed by atoms with Gasteiger partial charge in [0, 0.05) is 17.3 Å². The van der Waals surface area contributed by atoms with Gasteiger partial charge in [-0.1, -0.05) is 20.8 Å². The van der Waals surface area contributed by atoms with Gasteiger partial charge in [0.2, 0.25) is 0 Å². The van der Waals surface area contributed by atoms with Crippen LogP contribution in [0.15, 0.2) is 10.6 Å². The third-order valence-corrected chi connectivity index (χ3v) is 3.75. The highest BCUT2D eigenvalue weighted by molar-refractivity contribution is 5.83. The van der Waals surface area contributed by atoms with Crippen LogP contribution in [0.1, 0.15) is 64.0 Å². The van der Waals surface area contributed by atoms with E-state index in [0.717, 1.165) is 30.9 Å². The summed E-state index contributed by atoms with van der Waals surface area (Å²) in [6.07, 6.45) is 4.35. The van der Waals surface area contributed by atoms with Crippen LogP contribution in [0.5, 0.6) is 0 Å². The van der Waals surface area contributed by atoms with E-state index in [2.05, 4.69) is 25.8 Å². The molecule has 1 heterocycles. The van der Waals surface area contributed by atoms with Gasteiger partial charge in [-0.3, -0.25) is 4.79 Å². The molecule has 2 atom stereocenters. The summed E-state index contributed by atoms with van der Waals surface area (Å²) < 4.78 is 5.83. The molecule has 1 aliphatic rings. The van der Waals surface area contributed by atoms with Crippen LogP contribution in [-0.4, -0.2) is 10.8 Å². The first-order valence-corrected chi connectivity index (χ1v) is 6.77. The van der Waals surface area contributed by atoms with Gasteiger partial charge < -0.3 is 4.42 Å². The molecule has 0 saturated heterocycles. The Morgan fingerprint density at radius 3 is 2.84 bits per heavy atom. The summed E-state index contributed by atoms with van der Waals surface area (Å²) in [5.41, 5.74) is -0.0418. The van der Waals surface area contributed by atoms with E-state index in [1.165, 1.54) is 0 Å². The summed E-state index contributed by atoms with van der Waals surface area (Å²) in [7, 11) is 0. The lowest BCUT2D eigenvalue weighted by atomic mass is 9.94. The Bertz CT molecular complexity index is 505. The second kappa shape index (κ2) is 5.16. The number of ketones is 1. The molecule has 0 aliphatic heterocycles. The highest BCUT2D eigenvalue weighted by atomic mass is 16.4. The quantitative estimate of drug-likeness (QED) is 0.836. The van der Waals surface area contributed by atoms with Gasteiger partial charge in [-0.2, -0.15) is 5.26 Å². The van der Waals surface area contributed by atoms with Crippen molar-refractivity contribution in [2.75, 3.05) is 0 Å². The number of carbonyl (C=O) groups is 1. The number of oxazole rings is 1. The minimum Gasteiger partial charge on any atom is -0.445 e. The average Bonchev–Trinajstić information content (AvgIpc) is 2.97. The summed E-state index contributed by atoms with van der Waals surface area (Å²) in [5.74, 6) is 1.93. The van der Waals surface area contributed by atoms with E-state index in [-0.39, 0.29) is 29.5 Å². The zero-order chi connectivity index (χ0) is 14.0. The van der Waals surface area contributed by atoms with Gasteiger partial charge >= 0.3 is 0 Å². The van der Waals surface area contributed by atoms with Crippen LogP contribution < -0.4 is 0 Å². The molecule has 0 amide bonds. The average molecular weight is 260 g/mol. The molecule has 1 saturated carbocycles. The van der Waals surface area contributed by atoms with Gasteiger partial charge in [0.05, 0.1) is 18.7 Å². The predicted octanol–water partition coefficient (Wildman–Crippen LogP) is 3.34. The molecule has 1 aromatic rings. The Morgan fingerprint density at radius 1 is 1.53 bits per heavy atom. The van der Waals surface area contributed by atoms with E-state index >= 15 is 0 Å². The molecule has 0 bridgehead atoms. The molecule has 4 nitrogen and oxygen atoms in total. The van der Waals surface area contributed by atoms with Crippen molar-refractivity contribution in [3.63, 3.8) is 0 Å². The fraction of sp³-hybridized carbons (Fsp3) is 0.667. The number of nitrogens with zero attached hydrogens (tertiary/aromatic N) is 2.